The molecule has 2 N–H and O–H groups in total. The number of piperidine rings is 1. The lowest BCUT2D eigenvalue weighted by Crippen LogP contribution is -2.45. The van der Waals surface area contributed by atoms with E-state index in [1.54, 1.807) is 0 Å². The van der Waals surface area contributed by atoms with Crippen LogP contribution in [-0.2, 0) is 11.3 Å². The Bertz CT molecular complexity index is 454. The quantitative estimate of drug-likeness (QED) is 0.782. The summed E-state index contributed by atoms with van der Waals surface area (Å²) in [6, 6.07) is 0.368. The third-order valence-corrected chi connectivity index (χ3v) is 4.03. The fourth-order valence-corrected chi connectivity index (χ4v) is 2.81. The number of carbonyl (C=O) groups is 1. The Morgan fingerprint density at radius 1 is 1.57 bits per heavy atom. The predicted molar refractivity (Wildman–Crippen MR) is 80.8 cm³/mol. The van der Waals surface area contributed by atoms with E-state index in [0.29, 0.717) is 12.6 Å². The van der Waals surface area contributed by atoms with Gasteiger partial charge in [0, 0.05) is 12.6 Å². The number of amides is 1. The van der Waals surface area contributed by atoms with Crippen molar-refractivity contribution in [3.05, 3.63) is 12.2 Å². The highest BCUT2D eigenvalue weighted by Gasteiger charge is 2.21. The molecule has 7 heteroatoms. The third-order valence-electron chi connectivity index (χ3n) is 4.03. The van der Waals surface area contributed by atoms with E-state index >= 15 is 0 Å². The molecular weight excluding hydrogens is 268 g/mol. The monoisotopic (exact) mass is 294 g/mol. The minimum Gasteiger partial charge on any atom is -0.345 e. The molecule has 0 bridgehead atoms. The molecule has 1 atom stereocenters. The van der Waals surface area contributed by atoms with Crippen LogP contribution in [0.3, 0.4) is 0 Å². The number of nitrogens with zero attached hydrogens (tertiary/aromatic N) is 4. The minimum atomic E-state index is -0.124. The SMILES string of the molecule is CCn1ncnc1C(C)NC(=O)CN(C)C1CCNCC1. The molecule has 1 amide bonds. The average Bonchev–Trinajstić information content (AvgIpc) is 2.96. The molecule has 1 fully saturated rings. The van der Waals surface area contributed by atoms with Gasteiger partial charge in [0.15, 0.2) is 0 Å². The molecule has 0 radical (unpaired) electrons. The van der Waals surface area contributed by atoms with Crippen molar-refractivity contribution in [3.63, 3.8) is 0 Å². The zero-order valence-electron chi connectivity index (χ0n) is 13.2. The highest BCUT2D eigenvalue weighted by Crippen LogP contribution is 2.11. The summed E-state index contributed by atoms with van der Waals surface area (Å²) in [6.07, 6.45) is 3.73. The van der Waals surface area contributed by atoms with Crippen LogP contribution in [0, 0.1) is 0 Å². The normalized spacial score (nSPS) is 17.9. The third kappa shape index (κ3) is 4.25. The summed E-state index contributed by atoms with van der Waals surface area (Å²) < 4.78 is 1.81. The molecule has 0 aromatic carbocycles. The van der Waals surface area contributed by atoms with Gasteiger partial charge >= 0.3 is 0 Å². The van der Waals surface area contributed by atoms with Crippen LogP contribution in [-0.4, -0.2) is 58.3 Å². The maximum Gasteiger partial charge on any atom is 0.234 e. The summed E-state index contributed by atoms with van der Waals surface area (Å²) in [4.78, 5) is 18.5. The Balaban J connectivity index is 1.83. The van der Waals surface area contributed by atoms with Crippen LogP contribution in [0.4, 0.5) is 0 Å². The van der Waals surface area contributed by atoms with Gasteiger partial charge in [-0.2, -0.15) is 5.10 Å². The van der Waals surface area contributed by atoms with E-state index in [9.17, 15) is 4.79 Å². The van der Waals surface area contributed by atoms with Gasteiger partial charge in [-0.3, -0.25) is 9.69 Å². The number of aromatic nitrogens is 3. The number of hydrogen-bond acceptors (Lipinski definition) is 5. The zero-order valence-corrected chi connectivity index (χ0v) is 13.2. The Labute approximate surface area is 126 Å². The second-order valence-electron chi connectivity index (χ2n) is 5.62. The summed E-state index contributed by atoms with van der Waals surface area (Å²) in [5.74, 6) is 0.838. The Morgan fingerprint density at radius 2 is 2.29 bits per heavy atom. The van der Waals surface area contributed by atoms with Gasteiger partial charge in [-0.1, -0.05) is 0 Å². The van der Waals surface area contributed by atoms with E-state index in [0.717, 1.165) is 38.3 Å². The van der Waals surface area contributed by atoms with Crippen LogP contribution in [0.1, 0.15) is 38.6 Å². The van der Waals surface area contributed by atoms with E-state index in [2.05, 4.69) is 25.6 Å². The summed E-state index contributed by atoms with van der Waals surface area (Å²) in [5, 5.41) is 10.5. The molecule has 1 saturated heterocycles. The highest BCUT2D eigenvalue weighted by atomic mass is 16.2. The topological polar surface area (TPSA) is 75.1 Å². The van der Waals surface area contributed by atoms with Crippen LogP contribution < -0.4 is 10.6 Å². The molecule has 0 spiro atoms. The highest BCUT2D eigenvalue weighted by molar-refractivity contribution is 5.78. The van der Waals surface area contributed by atoms with E-state index in [1.165, 1.54) is 6.33 Å². The molecule has 21 heavy (non-hydrogen) atoms. The summed E-state index contributed by atoms with van der Waals surface area (Å²) in [5.41, 5.74) is 0. The lowest BCUT2D eigenvalue weighted by atomic mass is 10.1. The van der Waals surface area contributed by atoms with Gasteiger partial charge in [-0.25, -0.2) is 9.67 Å². The predicted octanol–water partition coefficient (Wildman–Crippen LogP) is 0.159. The summed E-state index contributed by atoms with van der Waals surface area (Å²) in [6.45, 7) is 7.20. The molecule has 7 nitrogen and oxygen atoms in total. The Morgan fingerprint density at radius 3 is 2.95 bits per heavy atom. The van der Waals surface area contributed by atoms with E-state index < -0.39 is 0 Å². The van der Waals surface area contributed by atoms with Gasteiger partial charge in [-0.05, 0) is 46.8 Å². The molecule has 2 rings (SSSR count). The van der Waals surface area contributed by atoms with E-state index in [1.807, 2.05) is 25.6 Å². The second-order valence-corrected chi connectivity index (χ2v) is 5.62. The smallest absolute Gasteiger partial charge is 0.234 e. The van der Waals surface area contributed by atoms with Crippen molar-refractivity contribution in [3.8, 4) is 0 Å². The van der Waals surface area contributed by atoms with Gasteiger partial charge in [0.25, 0.3) is 0 Å². The lowest BCUT2D eigenvalue weighted by molar-refractivity contribution is -0.123. The first kappa shape index (κ1) is 15.9. The fraction of sp³-hybridized carbons (Fsp3) is 0.786. The van der Waals surface area contributed by atoms with Crippen LogP contribution in [0.25, 0.3) is 0 Å². The van der Waals surface area contributed by atoms with Gasteiger partial charge in [0.05, 0.1) is 12.6 Å². The number of likely N-dealkylation sites (N-methyl/N-ethyl adjacent to an activating group) is 1. The Hall–Kier alpha value is -1.47. The fourth-order valence-electron chi connectivity index (χ4n) is 2.81. The first-order valence-corrected chi connectivity index (χ1v) is 7.69. The van der Waals surface area contributed by atoms with E-state index in [-0.39, 0.29) is 11.9 Å². The summed E-state index contributed by atoms with van der Waals surface area (Å²) >= 11 is 0. The second kappa shape index (κ2) is 7.51. The molecule has 1 aliphatic heterocycles. The van der Waals surface area contributed by atoms with E-state index in [4.69, 9.17) is 0 Å². The van der Waals surface area contributed by atoms with Crippen molar-refractivity contribution in [2.75, 3.05) is 26.7 Å². The molecule has 0 saturated carbocycles. The molecule has 2 heterocycles. The van der Waals surface area contributed by atoms with Crippen LogP contribution in [0.5, 0.6) is 0 Å². The number of aryl methyl sites for hydroxylation is 1. The van der Waals surface area contributed by atoms with Gasteiger partial charge in [0.1, 0.15) is 12.2 Å². The molecule has 1 unspecified atom stereocenters. The van der Waals surface area contributed by atoms with Crippen molar-refractivity contribution < 1.29 is 4.79 Å². The van der Waals surface area contributed by atoms with Crippen molar-refractivity contribution in [1.29, 1.82) is 0 Å². The number of hydrogen-bond donors (Lipinski definition) is 2. The maximum atomic E-state index is 12.2. The minimum absolute atomic E-state index is 0.0363. The molecule has 1 aromatic rings. The van der Waals surface area contributed by atoms with Gasteiger partial charge in [-0.15, -0.1) is 0 Å². The molecule has 1 aromatic heterocycles. The number of nitrogens with one attached hydrogen (secondary N) is 2. The van der Waals surface area contributed by atoms with Gasteiger partial charge in [0.2, 0.25) is 5.91 Å². The van der Waals surface area contributed by atoms with Gasteiger partial charge < -0.3 is 10.6 Å². The summed E-state index contributed by atoms with van der Waals surface area (Å²) in [7, 11) is 2.02. The lowest BCUT2D eigenvalue weighted by Gasteiger charge is -2.31. The van der Waals surface area contributed by atoms with Crippen molar-refractivity contribution in [2.45, 2.75) is 45.3 Å². The van der Waals surface area contributed by atoms with Crippen molar-refractivity contribution in [2.24, 2.45) is 0 Å². The standard InChI is InChI=1S/C14H26N6O/c1-4-20-14(16-10-17-20)11(2)18-13(21)9-19(3)12-5-7-15-8-6-12/h10-12,15H,4-9H2,1-3H3,(H,18,21). The van der Waals surface area contributed by atoms with Crippen LogP contribution in [0.2, 0.25) is 0 Å². The van der Waals surface area contributed by atoms with Crippen LogP contribution in [0.15, 0.2) is 6.33 Å². The van der Waals surface area contributed by atoms with Crippen molar-refractivity contribution in [1.82, 2.24) is 30.3 Å². The largest absolute Gasteiger partial charge is 0.345 e. The number of rotatable bonds is 6. The molecule has 0 aliphatic carbocycles. The number of carbonyl (C=O) groups excluding carboxylic acids is 1. The molecule has 1 aliphatic rings. The zero-order chi connectivity index (χ0) is 15.2. The first-order chi connectivity index (χ1) is 10.1. The molecular formula is C14H26N6O. The first-order valence-electron chi connectivity index (χ1n) is 7.69. The maximum absolute atomic E-state index is 12.2. The average molecular weight is 294 g/mol. The molecule has 118 valence electrons. The van der Waals surface area contributed by atoms with Crippen LogP contribution >= 0.6 is 0 Å². The Kier molecular flexibility index (Phi) is 5.69. The van der Waals surface area contributed by atoms with Crippen molar-refractivity contribution >= 4 is 5.91 Å².